The highest BCUT2D eigenvalue weighted by Crippen LogP contribution is 2.31. The quantitative estimate of drug-likeness (QED) is 0.535. The average Bonchev–Trinajstić information content (AvgIpc) is 3.16. The molecule has 0 saturated heterocycles. The Bertz CT molecular complexity index is 1200. The summed E-state index contributed by atoms with van der Waals surface area (Å²) < 4.78 is 65.3. The highest BCUT2D eigenvalue weighted by atomic mass is 32.2. The second kappa shape index (κ2) is 8.77. The molecule has 0 bridgehead atoms. The van der Waals surface area contributed by atoms with E-state index in [-0.39, 0.29) is 23.4 Å². The summed E-state index contributed by atoms with van der Waals surface area (Å²) in [4.78, 5) is 15.4. The number of rotatable bonds is 7. The van der Waals surface area contributed by atoms with Gasteiger partial charge in [-0.05, 0) is 36.8 Å². The SMILES string of the molecule is Cc1ccc(S(=O)(=O)NCCc2csc(-c3ccc(C(F)(F)F)cc3)n2)cc1C(=O)O. The normalized spacial score (nSPS) is 12.1. The Hall–Kier alpha value is -2.76. The predicted octanol–water partition coefficient (Wildman–Crippen LogP) is 4.36. The van der Waals surface area contributed by atoms with Crippen LogP contribution in [0.5, 0.6) is 0 Å². The number of nitrogens with one attached hydrogen (secondary N) is 1. The van der Waals surface area contributed by atoms with Crippen LogP contribution in [0.25, 0.3) is 10.6 Å². The molecule has 0 amide bonds. The molecule has 0 aliphatic rings. The van der Waals surface area contributed by atoms with Gasteiger partial charge in [-0.3, -0.25) is 0 Å². The maximum absolute atomic E-state index is 12.7. The lowest BCUT2D eigenvalue weighted by Gasteiger charge is -2.08. The topological polar surface area (TPSA) is 96.4 Å². The largest absolute Gasteiger partial charge is 0.478 e. The third-order valence-corrected chi connectivity index (χ3v) is 6.83. The molecule has 11 heteroatoms. The number of aromatic carboxylic acids is 1. The van der Waals surface area contributed by atoms with Gasteiger partial charge in [-0.25, -0.2) is 22.9 Å². The van der Waals surface area contributed by atoms with E-state index >= 15 is 0 Å². The van der Waals surface area contributed by atoms with E-state index < -0.39 is 27.7 Å². The van der Waals surface area contributed by atoms with Gasteiger partial charge in [-0.15, -0.1) is 11.3 Å². The fourth-order valence-corrected chi connectivity index (χ4v) is 4.67. The zero-order chi connectivity index (χ0) is 22.8. The van der Waals surface area contributed by atoms with Crippen molar-refractivity contribution < 1.29 is 31.5 Å². The number of carboxylic acids is 1. The summed E-state index contributed by atoms with van der Waals surface area (Å²) in [5.41, 5.74) is 0.723. The number of halogens is 3. The molecule has 0 aliphatic heterocycles. The summed E-state index contributed by atoms with van der Waals surface area (Å²) >= 11 is 1.24. The van der Waals surface area contributed by atoms with E-state index in [1.165, 1.54) is 35.6 Å². The lowest BCUT2D eigenvalue weighted by Crippen LogP contribution is -2.26. The van der Waals surface area contributed by atoms with Gasteiger partial charge in [-0.1, -0.05) is 18.2 Å². The van der Waals surface area contributed by atoms with Crippen LogP contribution in [0, 0.1) is 6.92 Å². The molecule has 0 atom stereocenters. The summed E-state index contributed by atoms with van der Waals surface area (Å²) in [5.74, 6) is -1.21. The minimum atomic E-state index is -4.41. The highest BCUT2D eigenvalue weighted by molar-refractivity contribution is 7.89. The van der Waals surface area contributed by atoms with Gasteiger partial charge in [0, 0.05) is 23.9 Å². The summed E-state index contributed by atoms with van der Waals surface area (Å²) in [7, 11) is -3.91. The van der Waals surface area contributed by atoms with Crippen molar-refractivity contribution >= 4 is 27.3 Å². The summed E-state index contributed by atoms with van der Waals surface area (Å²) in [6.45, 7) is 1.60. The standard InChI is InChI=1S/C20H17F3N2O4S2/c1-12-2-7-16(10-17(12)19(26)27)31(28,29)24-9-8-15-11-30-18(25-15)13-3-5-14(6-4-13)20(21,22)23/h2-7,10-11,24H,8-9H2,1H3,(H,26,27). The van der Waals surface area contributed by atoms with Crippen LogP contribution in [0.1, 0.15) is 27.2 Å². The zero-order valence-corrected chi connectivity index (χ0v) is 17.7. The Labute approximate surface area is 180 Å². The molecule has 3 aromatic rings. The average molecular weight is 470 g/mol. The molecule has 0 saturated carbocycles. The first-order chi connectivity index (χ1) is 14.5. The first-order valence-corrected chi connectivity index (χ1v) is 11.3. The maximum Gasteiger partial charge on any atom is 0.416 e. The van der Waals surface area contributed by atoms with Crippen molar-refractivity contribution in [3.05, 3.63) is 70.2 Å². The van der Waals surface area contributed by atoms with E-state index in [2.05, 4.69) is 9.71 Å². The fraction of sp³-hybridized carbons (Fsp3) is 0.200. The highest BCUT2D eigenvalue weighted by Gasteiger charge is 2.30. The molecule has 0 spiro atoms. The smallest absolute Gasteiger partial charge is 0.416 e. The van der Waals surface area contributed by atoms with Crippen LogP contribution in [-0.4, -0.2) is 31.0 Å². The van der Waals surface area contributed by atoms with E-state index in [1.807, 2.05) is 0 Å². The molecule has 1 heterocycles. The Morgan fingerprint density at radius 1 is 1.16 bits per heavy atom. The molecule has 3 rings (SSSR count). The minimum absolute atomic E-state index is 0.0226. The van der Waals surface area contributed by atoms with E-state index in [4.69, 9.17) is 5.11 Å². The van der Waals surface area contributed by atoms with Gasteiger partial charge in [0.2, 0.25) is 10.0 Å². The molecular weight excluding hydrogens is 453 g/mol. The Kier molecular flexibility index (Phi) is 6.48. The van der Waals surface area contributed by atoms with Gasteiger partial charge in [-0.2, -0.15) is 13.2 Å². The maximum atomic E-state index is 12.7. The van der Waals surface area contributed by atoms with Crippen LogP contribution in [0.4, 0.5) is 13.2 Å². The fourth-order valence-electron chi connectivity index (χ4n) is 2.75. The molecule has 2 N–H and O–H groups in total. The van der Waals surface area contributed by atoms with Gasteiger partial charge in [0.05, 0.1) is 21.7 Å². The van der Waals surface area contributed by atoms with E-state index in [0.29, 0.717) is 21.8 Å². The van der Waals surface area contributed by atoms with Crippen molar-refractivity contribution in [2.45, 2.75) is 24.4 Å². The third kappa shape index (κ3) is 5.49. The van der Waals surface area contributed by atoms with Crippen LogP contribution in [0.2, 0.25) is 0 Å². The van der Waals surface area contributed by atoms with Crippen LogP contribution in [0.3, 0.4) is 0 Å². The second-order valence-electron chi connectivity index (χ2n) is 6.65. The molecule has 31 heavy (non-hydrogen) atoms. The van der Waals surface area contributed by atoms with Gasteiger partial charge >= 0.3 is 12.1 Å². The first kappa shape index (κ1) is 22.9. The number of carbonyl (C=O) groups is 1. The van der Waals surface area contributed by atoms with Crippen molar-refractivity contribution in [2.75, 3.05) is 6.54 Å². The van der Waals surface area contributed by atoms with E-state index in [1.54, 1.807) is 12.3 Å². The van der Waals surface area contributed by atoms with E-state index in [9.17, 15) is 26.4 Å². The second-order valence-corrected chi connectivity index (χ2v) is 9.27. The number of hydrogen-bond acceptors (Lipinski definition) is 5. The van der Waals surface area contributed by atoms with Crippen molar-refractivity contribution in [2.24, 2.45) is 0 Å². The van der Waals surface area contributed by atoms with Crippen LogP contribution in [-0.2, 0) is 22.6 Å². The van der Waals surface area contributed by atoms with Gasteiger partial charge in [0.1, 0.15) is 5.01 Å². The molecule has 0 fully saturated rings. The number of sulfonamides is 1. The molecule has 0 unspecified atom stereocenters. The minimum Gasteiger partial charge on any atom is -0.478 e. The molecule has 1 aromatic heterocycles. The number of alkyl halides is 3. The molecule has 2 aromatic carbocycles. The van der Waals surface area contributed by atoms with Crippen molar-refractivity contribution in [3.63, 3.8) is 0 Å². The van der Waals surface area contributed by atoms with Gasteiger partial charge in [0.25, 0.3) is 0 Å². The number of nitrogens with zero attached hydrogens (tertiary/aromatic N) is 1. The van der Waals surface area contributed by atoms with Crippen molar-refractivity contribution in [1.82, 2.24) is 9.71 Å². The van der Waals surface area contributed by atoms with Crippen LogP contribution < -0.4 is 4.72 Å². The molecule has 0 radical (unpaired) electrons. The summed E-state index contributed by atoms with van der Waals surface area (Å²) in [6, 6.07) is 8.50. The van der Waals surface area contributed by atoms with E-state index in [0.717, 1.165) is 18.2 Å². The Morgan fingerprint density at radius 2 is 1.84 bits per heavy atom. The summed E-state index contributed by atoms with van der Waals surface area (Å²) in [6.07, 6.45) is -4.15. The number of thiazole rings is 1. The van der Waals surface area contributed by atoms with Crippen LogP contribution in [0.15, 0.2) is 52.7 Å². The summed E-state index contributed by atoms with van der Waals surface area (Å²) in [5, 5.41) is 11.4. The van der Waals surface area contributed by atoms with Gasteiger partial charge in [0.15, 0.2) is 0 Å². The number of carboxylic acid groups (broad SMARTS) is 1. The van der Waals surface area contributed by atoms with Crippen molar-refractivity contribution in [3.8, 4) is 10.6 Å². The lowest BCUT2D eigenvalue weighted by molar-refractivity contribution is -0.137. The number of benzene rings is 2. The Morgan fingerprint density at radius 3 is 2.45 bits per heavy atom. The zero-order valence-electron chi connectivity index (χ0n) is 16.1. The molecular formula is C20H17F3N2O4S2. The van der Waals surface area contributed by atoms with Crippen LogP contribution >= 0.6 is 11.3 Å². The van der Waals surface area contributed by atoms with Gasteiger partial charge < -0.3 is 5.11 Å². The lowest BCUT2D eigenvalue weighted by atomic mass is 10.1. The molecule has 164 valence electrons. The number of aromatic nitrogens is 1. The number of aryl methyl sites for hydroxylation is 1. The van der Waals surface area contributed by atoms with Crippen molar-refractivity contribution in [1.29, 1.82) is 0 Å². The Balaban J connectivity index is 1.65. The number of hydrogen-bond donors (Lipinski definition) is 2. The third-order valence-electron chi connectivity index (χ3n) is 4.43. The monoisotopic (exact) mass is 470 g/mol. The molecule has 6 nitrogen and oxygen atoms in total. The molecule has 0 aliphatic carbocycles. The predicted molar refractivity (Wildman–Crippen MR) is 110 cm³/mol. The first-order valence-electron chi connectivity index (χ1n) is 8.93.